The van der Waals surface area contributed by atoms with Crippen molar-refractivity contribution in [3.8, 4) is 0 Å². The van der Waals surface area contributed by atoms with E-state index in [-0.39, 0.29) is 11.8 Å². The molecule has 0 aromatic carbocycles. The van der Waals surface area contributed by atoms with Gasteiger partial charge in [0.05, 0.1) is 5.69 Å². The molecule has 2 rings (SSSR count). The first kappa shape index (κ1) is 17.1. The Kier molecular flexibility index (Phi) is 6.29. The molecule has 122 valence electrons. The Morgan fingerprint density at radius 2 is 2.00 bits per heavy atom. The number of aryl methyl sites for hydroxylation is 1. The van der Waals surface area contributed by atoms with Crippen molar-refractivity contribution in [3.05, 3.63) is 40.2 Å². The smallest absolute Gasteiger partial charge is 0.269 e. The minimum Gasteiger partial charge on any atom is -0.325 e. The Bertz CT molecular complexity index is 665. The number of pyridine rings is 1. The second-order valence-electron chi connectivity index (χ2n) is 5.34. The number of aromatic nitrogens is 1. The van der Waals surface area contributed by atoms with Crippen molar-refractivity contribution >= 4 is 34.7 Å². The van der Waals surface area contributed by atoms with Gasteiger partial charge in [-0.1, -0.05) is 25.8 Å². The summed E-state index contributed by atoms with van der Waals surface area (Å²) in [7, 11) is 0. The molecule has 0 saturated heterocycles. The summed E-state index contributed by atoms with van der Waals surface area (Å²) in [6.07, 6.45) is 5.14. The van der Waals surface area contributed by atoms with Gasteiger partial charge in [-0.05, 0) is 36.4 Å². The number of unbranched alkanes of at least 4 members (excludes halogenated alkanes) is 2. The molecule has 2 heterocycles. The second-order valence-corrected chi connectivity index (χ2v) is 6.26. The maximum Gasteiger partial charge on any atom is 0.269 e. The van der Waals surface area contributed by atoms with Crippen molar-refractivity contribution in [3.63, 3.8) is 0 Å². The highest BCUT2D eigenvalue weighted by atomic mass is 32.1. The fraction of sp³-hybridized carbons (Fsp3) is 0.353. The largest absolute Gasteiger partial charge is 0.325 e. The topological polar surface area (TPSA) is 71.1 Å². The summed E-state index contributed by atoms with van der Waals surface area (Å²) in [6.45, 7) is 4.03. The van der Waals surface area contributed by atoms with Crippen molar-refractivity contribution < 1.29 is 9.59 Å². The average molecular weight is 331 g/mol. The van der Waals surface area contributed by atoms with E-state index in [0.717, 1.165) is 24.8 Å². The molecular formula is C17H21N3O2S. The highest BCUT2D eigenvalue weighted by Crippen LogP contribution is 2.23. The number of nitrogens with zero attached hydrogens (tertiary/aromatic N) is 1. The first-order valence-corrected chi connectivity index (χ1v) is 8.59. The molecule has 0 saturated carbocycles. The maximum atomic E-state index is 12.3. The molecule has 0 spiro atoms. The number of nitrogens with one attached hydrogen (secondary N) is 2. The van der Waals surface area contributed by atoms with E-state index in [1.807, 2.05) is 13.0 Å². The van der Waals surface area contributed by atoms with Crippen LogP contribution in [0.4, 0.5) is 11.5 Å². The van der Waals surface area contributed by atoms with E-state index in [1.165, 1.54) is 11.3 Å². The van der Waals surface area contributed by atoms with Crippen molar-refractivity contribution in [2.24, 2.45) is 0 Å². The third kappa shape index (κ3) is 5.17. The molecule has 6 heteroatoms. The summed E-state index contributed by atoms with van der Waals surface area (Å²) in [6, 6.07) is 5.39. The van der Waals surface area contributed by atoms with Crippen LogP contribution < -0.4 is 10.6 Å². The number of carbonyl (C=O) groups is 2. The van der Waals surface area contributed by atoms with Crippen LogP contribution in [0.15, 0.2) is 29.8 Å². The molecule has 0 bridgehead atoms. The van der Waals surface area contributed by atoms with Crippen LogP contribution in [-0.2, 0) is 4.79 Å². The average Bonchev–Trinajstić information content (AvgIpc) is 2.98. The van der Waals surface area contributed by atoms with Gasteiger partial charge < -0.3 is 10.6 Å². The summed E-state index contributed by atoms with van der Waals surface area (Å²) >= 11 is 1.30. The molecule has 23 heavy (non-hydrogen) atoms. The van der Waals surface area contributed by atoms with Gasteiger partial charge in [-0.3, -0.25) is 9.59 Å². The predicted octanol–water partition coefficient (Wildman–Crippen LogP) is 4.22. The molecule has 0 radical (unpaired) electrons. The molecule has 2 N–H and O–H groups in total. The number of anilines is 2. The van der Waals surface area contributed by atoms with Crippen LogP contribution in [0.1, 0.15) is 47.8 Å². The molecule has 2 aromatic heterocycles. The van der Waals surface area contributed by atoms with Gasteiger partial charge in [0.25, 0.3) is 5.91 Å². The lowest BCUT2D eigenvalue weighted by atomic mass is 10.2. The Morgan fingerprint density at radius 1 is 1.17 bits per heavy atom. The van der Waals surface area contributed by atoms with Gasteiger partial charge in [0.2, 0.25) is 5.91 Å². The SMILES string of the molecule is CCCCCC(=O)Nc1ccsc1C(=O)Nc1ccc(C)cn1. The first-order chi connectivity index (χ1) is 11.1. The third-order valence-electron chi connectivity index (χ3n) is 3.31. The van der Waals surface area contributed by atoms with Crippen LogP contribution in [-0.4, -0.2) is 16.8 Å². The van der Waals surface area contributed by atoms with E-state index < -0.39 is 0 Å². The number of hydrogen-bond acceptors (Lipinski definition) is 4. The Balaban J connectivity index is 1.98. The van der Waals surface area contributed by atoms with Gasteiger partial charge in [-0.15, -0.1) is 11.3 Å². The Labute approximate surface area is 140 Å². The first-order valence-electron chi connectivity index (χ1n) is 7.71. The third-order valence-corrected chi connectivity index (χ3v) is 4.22. The number of rotatable bonds is 7. The fourth-order valence-corrected chi connectivity index (χ4v) is 2.79. The van der Waals surface area contributed by atoms with Crippen LogP contribution in [0, 0.1) is 6.92 Å². The van der Waals surface area contributed by atoms with Crippen molar-refractivity contribution in [1.82, 2.24) is 4.98 Å². The normalized spacial score (nSPS) is 10.3. The van der Waals surface area contributed by atoms with Gasteiger partial charge in [0.1, 0.15) is 10.7 Å². The summed E-state index contributed by atoms with van der Waals surface area (Å²) in [5.41, 5.74) is 1.58. The zero-order valence-corrected chi connectivity index (χ0v) is 14.2. The van der Waals surface area contributed by atoms with Crippen molar-refractivity contribution in [2.75, 3.05) is 10.6 Å². The molecule has 0 aliphatic rings. The van der Waals surface area contributed by atoms with Crippen LogP contribution in [0.3, 0.4) is 0 Å². The summed E-state index contributed by atoms with van der Waals surface area (Å²) in [5.74, 6) is 0.175. The van der Waals surface area contributed by atoms with E-state index in [9.17, 15) is 9.59 Å². The van der Waals surface area contributed by atoms with Gasteiger partial charge in [0.15, 0.2) is 0 Å². The summed E-state index contributed by atoms with van der Waals surface area (Å²) < 4.78 is 0. The summed E-state index contributed by atoms with van der Waals surface area (Å²) in [5, 5.41) is 7.35. The molecule has 2 aromatic rings. The second kappa shape index (κ2) is 8.43. The Morgan fingerprint density at radius 3 is 2.70 bits per heavy atom. The molecule has 2 amide bonds. The minimum atomic E-state index is -0.264. The molecule has 5 nitrogen and oxygen atoms in total. The molecule has 0 aliphatic heterocycles. The van der Waals surface area contributed by atoms with E-state index >= 15 is 0 Å². The van der Waals surface area contributed by atoms with E-state index in [1.54, 1.807) is 23.7 Å². The standard InChI is InChI=1S/C17H21N3O2S/c1-3-4-5-6-15(21)19-13-9-10-23-16(13)17(22)20-14-8-7-12(2)11-18-14/h7-11H,3-6H2,1-2H3,(H,19,21)(H,18,20,22). The lowest BCUT2D eigenvalue weighted by Crippen LogP contribution is -2.16. The monoisotopic (exact) mass is 331 g/mol. The van der Waals surface area contributed by atoms with Gasteiger partial charge in [0, 0.05) is 12.6 Å². The van der Waals surface area contributed by atoms with Crippen LogP contribution >= 0.6 is 11.3 Å². The predicted molar refractivity (Wildman–Crippen MR) is 94.0 cm³/mol. The van der Waals surface area contributed by atoms with E-state index in [0.29, 0.717) is 22.8 Å². The number of amides is 2. The minimum absolute atomic E-state index is 0.0561. The van der Waals surface area contributed by atoms with Crippen molar-refractivity contribution in [1.29, 1.82) is 0 Å². The highest BCUT2D eigenvalue weighted by Gasteiger charge is 2.15. The lowest BCUT2D eigenvalue weighted by molar-refractivity contribution is -0.116. The van der Waals surface area contributed by atoms with Gasteiger partial charge in [-0.2, -0.15) is 0 Å². The maximum absolute atomic E-state index is 12.3. The van der Waals surface area contributed by atoms with E-state index in [4.69, 9.17) is 0 Å². The van der Waals surface area contributed by atoms with Gasteiger partial charge in [-0.25, -0.2) is 4.98 Å². The van der Waals surface area contributed by atoms with Crippen LogP contribution in [0.25, 0.3) is 0 Å². The van der Waals surface area contributed by atoms with E-state index in [2.05, 4.69) is 22.5 Å². The molecule has 0 aliphatic carbocycles. The molecular weight excluding hydrogens is 310 g/mol. The number of hydrogen-bond donors (Lipinski definition) is 2. The van der Waals surface area contributed by atoms with Crippen LogP contribution in [0.5, 0.6) is 0 Å². The van der Waals surface area contributed by atoms with Gasteiger partial charge >= 0.3 is 0 Å². The highest BCUT2D eigenvalue weighted by molar-refractivity contribution is 7.12. The fourth-order valence-electron chi connectivity index (χ4n) is 2.05. The molecule has 0 unspecified atom stereocenters. The quantitative estimate of drug-likeness (QED) is 0.746. The number of thiophene rings is 1. The zero-order chi connectivity index (χ0) is 16.7. The molecule has 0 atom stereocenters. The Hall–Kier alpha value is -2.21. The summed E-state index contributed by atoms with van der Waals surface area (Å²) in [4.78, 5) is 28.9. The molecule has 0 fully saturated rings. The van der Waals surface area contributed by atoms with Crippen molar-refractivity contribution in [2.45, 2.75) is 39.5 Å². The lowest BCUT2D eigenvalue weighted by Gasteiger charge is -2.07. The number of carbonyl (C=O) groups excluding carboxylic acids is 2. The van der Waals surface area contributed by atoms with Crippen LogP contribution in [0.2, 0.25) is 0 Å². The zero-order valence-electron chi connectivity index (χ0n) is 13.4.